The summed E-state index contributed by atoms with van der Waals surface area (Å²) in [6, 6.07) is 1.92. The lowest BCUT2D eigenvalue weighted by molar-refractivity contribution is 0.333. The molecule has 1 aliphatic rings. The highest BCUT2D eigenvalue weighted by atomic mass is 15.1. The van der Waals surface area contributed by atoms with Gasteiger partial charge < -0.3 is 16.4 Å². The molecule has 16 heavy (non-hydrogen) atoms. The number of rotatable bonds is 6. The first-order valence-corrected chi connectivity index (χ1v) is 5.88. The van der Waals surface area contributed by atoms with E-state index in [0.717, 1.165) is 30.6 Å². The molecule has 2 rings (SSSR count). The van der Waals surface area contributed by atoms with Gasteiger partial charge in [0.25, 0.3) is 0 Å². The summed E-state index contributed by atoms with van der Waals surface area (Å²) >= 11 is 0. The van der Waals surface area contributed by atoms with E-state index in [-0.39, 0.29) is 0 Å². The number of nitrogens with zero attached hydrogens (tertiary/aromatic N) is 2. The van der Waals surface area contributed by atoms with Crippen LogP contribution >= 0.6 is 0 Å². The van der Waals surface area contributed by atoms with Crippen molar-refractivity contribution in [3.63, 3.8) is 0 Å². The Labute approximate surface area is 95.9 Å². The fraction of sp³-hybridized carbons (Fsp3) is 0.636. The van der Waals surface area contributed by atoms with Gasteiger partial charge in [-0.25, -0.2) is 9.97 Å². The van der Waals surface area contributed by atoms with Crippen molar-refractivity contribution < 1.29 is 0 Å². The minimum atomic E-state index is 0.606. The van der Waals surface area contributed by atoms with Gasteiger partial charge in [-0.3, -0.25) is 0 Å². The third-order valence-corrected chi connectivity index (χ3v) is 2.91. The monoisotopic (exact) mass is 221 g/mol. The van der Waals surface area contributed by atoms with Crippen molar-refractivity contribution >= 4 is 11.6 Å². The second kappa shape index (κ2) is 5.65. The molecule has 5 nitrogen and oxygen atoms in total. The van der Waals surface area contributed by atoms with Gasteiger partial charge in [-0.2, -0.15) is 0 Å². The molecule has 0 bridgehead atoms. The zero-order chi connectivity index (χ0) is 11.2. The van der Waals surface area contributed by atoms with E-state index in [2.05, 4.69) is 20.6 Å². The molecule has 0 unspecified atom stereocenters. The standard InChI is InChI=1S/C11H19N5/c12-4-5-13-10-6-11(16-8-15-10)14-7-9-2-1-3-9/h6,8-9H,1-5,7,12H2,(H2,13,14,15,16). The molecule has 0 amide bonds. The zero-order valence-electron chi connectivity index (χ0n) is 9.45. The maximum atomic E-state index is 5.42. The molecule has 0 atom stereocenters. The highest BCUT2D eigenvalue weighted by Gasteiger charge is 2.16. The van der Waals surface area contributed by atoms with Crippen molar-refractivity contribution in [2.24, 2.45) is 11.7 Å². The van der Waals surface area contributed by atoms with Crippen molar-refractivity contribution in [2.45, 2.75) is 19.3 Å². The van der Waals surface area contributed by atoms with Crippen LogP contribution in [0.2, 0.25) is 0 Å². The minimum absolute atomic E-state index is 0.606. The molecule has 0 aliphatic heterocycles. The first kappa shape index (κ1) is 11.1. The molecule has 1 saturated carbocycles. The number of nitrogens with one attached hydrogen (secondary N) is 2. The normalized spacial score (nSPS) is 15.6. The lowest BCUT2D eigenvalue weighted by Crippen LogP contribution is -2.21. The summed E-state index contributed by atoms with van der Waals surface area (Å²) < 4.78 is 0. The van der Waals surface area contributed by atoms with Crippen LogP contribution in [0.5, 0.6) is 0 Å². The van der Waals surface area contributed by atoms with Crippen molar-refractivity contribution in [3.05, 3.63) is 12.4 Å². The summed E-state index contributed by atoms with van der Waals surface area (Å²) in [4.78, 5) is 8.30. The SMILES string of the molecule is NCCNc1cc(NCC2CCC2)ncn1. The first-order valence-electron chi connectivity index (χ1n) is 5.88. The molecule has 0 radical (unpaired) electrons. The Morgan fingerprint density at radius 2 is 2.00 bits per heavy atom. The number of hydrogen-bond acceptors (Lipinski definition) is 5. The average molecular weight is 221 g/mol. The van der Waals surface area contributed by atoms with Gasteiger partial charge in [0.15, 0.2) is 0 Å². The molecular weight excluding hydrogens is 202 g/mol. The molecule has 1 aliphatic carbocycles. The van der Waals surface area contributed by atoms with E-state index >= 15 is 0 Å². The topological polar surface area (TPSA) is 75.9 Å². The summed E-state index contributed by atoms with van der Waals surface area (Å²) in [7, 11) is 0. The molecule has 5 heteroatoms. The fourth-order valence-electron chi connectivity index (χ4n) is 1.70. The van der Waals surface area contributed by atoms with Crippen molar-refractivity contribution in [3.8, 4) is 0 Å². The second-order valence-electron chi connectivity index (χ2n) is 4.18. The maximum absolute atomic E-state index is 5.42. The van der Waals surface area contributed by atoms with Gasteiger partial charge in [0.05, 0.1) is 0 Å². The lowest BCUT2D eigenvalue weighted by atomic mass is 9.85. The molecule has 1 heterocycles. The van der Waals surface area contributed by atoms with Crippen LogP contribution in [-0.4, -0.2) is 29.6 Å². The van der Waals surface area contributed by atoms with E-state index in [9.17, 15) is 0 Å². The highest BCUT2D eigenvalue weighted by molar-refractivity contribution is 5.46. The Morgan fingerprint density at radius 3 is 2.62 bits per heavy atom. The predicted octanol–water partition coefficient (Wildman–Crippen LogP) is 1.06. The van der Waals surface area contributed by atoms with E-state index in [4.69, 9.17) is 5.73 Å². The second-order valence-corrected chi connectivity index (χ2v) is 4.18. The number of aromatic nitrogens is 2. The third-order valence-electron chi connectivity index (χ3n) is 2.91. The van der Waals surface area contributed by atoms with Crippen LogP contribution < -0.4 is 16.4 Å². The Hall–Kier alpha value is -1.36. The average Bonchev–Trinajstić information content (AvgIpc) is 2.25. The maximum Gasteiger partial charge on any atom is 0.131 e. The molecule has 0 aromatic carbocycles. The minimum Gasteiger partial charge on any atom is -0.370 e. The van der Waals surface area contributed by atoms with E-state index in [1.807, 2.05) is 6.07 Å². The molecule has 88 valence electrons. The lowest BCUT2D eigenvalue weighted by Gasteiger charge is -2.25. The van der Waals surface area contributed by atoms with Crippen molar-refractivity contribution in [2.75, 3.05) is 30.3 Å². The molecule has 1 aromatic heterocycles. The molecule has 4 N–H and O–H groups in total. The number of anilines is 2. The van der Waals surface area contributed by atoms with Crippen LogP contribution in [0.4, 0.5) is 11.6 Å². The van der Waals surface area contributed by atoms with Crippen molar-refractivity contribution in [1.82, 2.24) is 9.97 Å². The fourth-order valence-corrected chi connectivity index (χ4v) is 1.70. The molecular formula is C11H19N5. The largest absolute Gasteiger partial charge is 0.370 e. The molecule has 0 saturated heterocycles. The summed E-state index contributed by atoms with van der Waals surface area (Å²) in [6.07, 6.45) is 5.63. The quantitative estimate of drug-likeness (QED) is 0.669. The van der Waals surface area contributed by atoms with Crippen LogP contribution in [0.3, 0.4) is 0 Å². The molecule has 0 spiro atoms. The van der Waals surface area contributed by atoms with Gasteiger partial charge in [0.1, 0.15) is 18.0 Å². The Morgan fingerprint density at radius 1 is 1.25 bits per heavy atom. The van der Waals surface area contributed by atoms with Gasteiger partial charge in [-0.15, -0.1) is 0 Å². The van der Waals surface area contributed by atoms with Crippen LogP contribution in [0, 0.1) is 5.92 Å². The van der Waals surface area contributed by atoms with Gasteiger partial charge >= 0.3 is 0 Å². The Balaban J connectivity index is 1.82. The van der Waals surface area contributed by atoms with Crippen LogP contribution in [0.25, 0.3) is 0 Å². The predicted molar refractivity (Wildman–Crippen MR) is 65.4 cm³/mol. The van der Waals surface area contributed by atoms with E-state index < -0.39 is 0 Å². The summed E-state index contributed by atoms with van der Waals surface area (Å²) in [5, 5.41) is 6.48. The van der Waals surface area contributed by atoms with Gasteiger partial charge in [-0.05, 0) is 18.8 Å². The third kappa shape index (κ3) is 3.06. The summed E-state index contributed by atoms with van der Waals surface area (Å²) in [6.45, 7) is 2.36. The summed E-state index contributed by atoms with van der Waals surface area (Å²) in [5.74, 6) is 2.55. The molecule has 1 fully saturated rings. The van der Waals surface area contributed by atoms with Gasteiger partial charge in [0.2, 0.25) is 0 Å². The molecule has 1 aromatic rings. The van der Waals surface area contributed by atoms with Gasteiger partial charge in [-0.1, -0.05) is 6.42 Å². The van der Waals surface area contributed by atoms with Crippen LogP contribution in [0.1, 0.15) is 19.3 Å². The number of hydrogen-bond donors (Lipinski definition) is 3. The number of nitrogens with two attached hydrogens (primary N) is 1. The van der Waals surface area contributed by atoms with Crippen LogP contribution in [0.15, 0.2) is 12.4 Å². The highest BCUT2D eigenvalue weighted by Crippen LogP contribution is 2.26. The Bertz CT molecular complexity index is 324. The smallest absolute Gasteiger partial charge is 0.131 e. The van der Waals surface area contributed by atoms with E-state index in [1.54, 1.807) is 6.33 Å². The van der Waals surface area contributed by atoms with E-state index in [0.29, 0.717) is 6.54 Å². The van der Waals surface area contributed by atoms with Gasteiger partial charge in [0, 0.05) is 25.7 Å². The summed E-state index contributed by atoms with van der Waals surface area (Å²) in [5.41, 5.74) is 5.42. The Kier molecular flexibility index (Phi) is 3.93. The van der Waals surface area contributed by atoms with Crippen LogP contribution in [-0.2, 0) is 0 Å². The zero-order valence-corrected chi connectivity index (χ0v) is 9.45. The van der Waals surface area contributed by atoms with E-state index in [1.165, 1.54) is 19.3 Å². The van der Waals surface area contributed by atoms with Crippen molar-refractivity contribution in [1.29, 1.82) is 0 Å². The first-order chi connectivity index (χ1) is 7.88.